The molecule has 2 nitrogen and oxygen atoms in total. The number of hydrogen-bond donors (Lipinski definition) is 1. The first-order valence-corrected chi connectivity index (χ1v) is 3.37. The van der Waals surface area contributed by atoms with Gasteiger partial charge in [0.2, 0.25) is 0 Å². The van der Waals surface area contributed by atoms with Gasteiger partial charge < -0.3 is 5.73 Å². The van der Waals surface area contributed by atoms with Crippen molar-refractivity contribution < 1.29 is 9.18 Å². The number of benzene rings is 1. The fraction of sp³-hybridized carbons (Fsp3) is 0. The Kier molecular flexibility index (Phi) is 2.24. The predicted octanol–water partition coefficient (Wildman–Crippen LogP) is 1.78. The summed E-state index contributed by atoms with van der Waals surface area (Å²) in [6.45, 7) is 3.28. The lowest BCUT2D eigenvalue weighted by Gasteiger charge is -2.00. The molecule has 0 saturated carbocycles. The van der Waals surface area contributed by atoms with E-state index < -0.39 is 5.82 Å². The van der Waals surface area contributed by atoms with E-state index in [2.05, 4.69) is 6.58 Å². The largest absolute Gasteiger partial charge is 0.398 e. The zero-order valence-corrected chi connectivity index (χ0v) is 6.38. The summed E-state index contributed by atoms with van der Waals surface area (Å²) in [7, 11) is 0. The summed E-state index contributed by atoms with van der Waals surface area (Å²) in [5, 5.41) is 0. The second-order valence-electron chi connectivity index (χ2n) is 2.30. The lowest BCUT2D eigenvalue weighted by molar-refractivity contribution is 0.104. The molecule has 3 heteroatoms. The van der Waals surface area contributed by atoms with Crippen LogP contribution in [0.3, 0.4) is 0 Å². The molecular weight excluding hydrogens is 157 g/mol. The molecule has 0 atom stereocenters. The van der Waals surface area contributed by atoms with Gasteiger partial charge in [-0.15, -0.1) is 0 Å². The van der Waals surface area contributed by atoms with Crippen LogP contribution in [0.25, 0.3) is 0 Å². The van der Waals surface area contributed by atoms with Gasteiger partial charge in [0.1, 0.15) is 5.82 Å². The number of hydrogen-bond acceptors (Lipinski definition) is 2. The maximum absolute atomic E-state index is 12.6. The Hall–Kier alpha value is -1.64. The monoisotopic (exact) mass is 165 g/mol. The van der Waals surface area contributed by atoms with Crippen LogP contribution >= 0.6 is 0 Å². The van der Waals surface area contributed by atoms with Crippen molar-refractivity contribution in [3.63, 3.8) is 0 Å². The zero-order chi connectivity index (χ0) is 9.14. The number of halogens is 1. The molecule has 0 heterocycles. The van der Waals surface area contributed by atoms with E-state index in [9.17, 15) is 9.18 Å². The van der Waals surface area contributed by atoms with E-state index in [0.717, 1.165) is 12.1 Å². The highest BCUT2D eigenvalue weighted by Gasteiger charge is 2.06. The minimum absolute atomic E-state index is 0.157. The molecule has 0 aromatic heterocycles. The molecule has 0 aliphatic heterocycles. The standard InChI is InChI=1S/C9H8FNO/c1-2-9(12)7-5-6(10)3-4-8(7)11/h2-5H,1,11H2. The van der Waals surface area contributed by atoms with Crippen LogP contribution in [-0.2, 0) is 0 Å². The summed E-state index contributed by atoms with van der Waals surface area (Å²) in [5.41, 5.74) is 5.85. The normalized spacial score (nSPS) is 9.42. The summed E-state index contributed by atoms with van der Waals surface area (Å²) in [5.74, 6) is -0.846. The van der Waals surface area contributed by atoms with Crippen molar-refractivity contribution in [3.8, 4) is 0 Å². The van der Waals surface area contributed by atoms with Gasteiger partial charge in [0.05, 0.1) is 0 Å². The molecule has 0 aliphatic rings. The first-order valence-electron chi connectivity index (χ1n) is 3.37. The van der Waals surface area contributed by atoms with Gasteiger partial charge in [-0.3, -0.25) is 4.79 Å². The predicted molar refractivity (Wildman–Crippen MR) is 45.3 cm³/mol. The van der Waals surface area contributed by atoms with Crippen LogP contribution in [-0.4, -0.2) is 5.78 Å². The van der Waals surface area contributed by atoms with E-state index in [-0.39, 0.29) is 17.0 Å². The van der Waals surface area contributed by atoms with Gasteiger partial charge in [-0.1, -0.05) is 6.58 Å². The Balaban J connectivity index is 3.22. The smallest absolute Gasteiger partial charge is 0.187 e. The first-order chi connectivity index (χ1) is 5.65. The molecule has 62 valence electrons. The van der Waals surface area contributed by atoms with Crippen LogP contribution in [0, 0.1) is 5.82 Å². The Morgan fingerprint density at radius 1 is 1.58 bits per heavy atom. The van der Waals surface area contributed by atoms with Crippen molar-refractivity contribution in [1.29, 1.82) is 0 Å². The zero-order valence-electron chi connectivity index (χ0n) is 6.38. The number of ketones is 1. The summed E-state index contributed by atoms with van der Waals surface area (Å²) >= 11 is 0. The quantitative estimate of drug-likeness (QED) is 0.412. The molecule has 0 radical (unpaired) electrons. The molecule has 0 saturated heterocycles. The Morgan fingerprint density at radius 3 is 2.83 bits per heavy atom. The average molecular weight is 165 g/mol. The number of rotatable bonds is 2. The highest BCUT2D eigenvalue weighted by atomic mass is 19.1. The van der Waals surface area contributed by atoms with Crippen LogP contribution in [0.1, 0.15) is 10.4 Å². The molecule has 0 unspecified atom stereocenters. The van der Waals surface area contributed by atoms with Crippen molar-refractivity contribution in [1.82, 2.24) is 0 Å². The lowest BCUT2D eigenvalue weighted by Crippen LogP contribution is -2.00. The Labute approximate surface area is 69.5 Å². The van der Waals surface area contributed by atoms with Gasteiger partial charge in [0.25, 0.3) is 0 Å². The molecule has 0 aliphatic carbocycles. The van der Waals surface area contributed by atoms with E-state index in [1.807, 2.05) is 0 Å². The molecule has 0 fully saturated rings. The number of nitrogens with two attached hydrogens (primary N) is 1. The lowest BCUT2D eigenvalue weighted by atomic mass is 10.1. The topological polar surface area (TPSA) is 43.1 Å². The third-order valence-corrected chi connectivity index (χ3v) is 1.47. The minimum Gasteiger partial charge on any atom is -0.398 e. The van der Waals surface area contributed by atoms with Crippen LogP contribution in [0.2, 0.25) is 0 Å². The second kappa shape index (κ2) is 3.17. The van der Waals surface area contributed by atoms with Crippen molar-refractivity contribution >= 4 is 11.5 Å². The number of anilines is 1. The van der Waals surface area contributed by atoms with Crippen molar-refractivity contribution in [3.05, 3.63) is 42.2 Å². The van der Waals surface area contributed by atoms with E-state index in [0.29, 0.717) is 0 Å². The summed E-state index contributed by atoms with van der Waals surface area (Å²) in [6, 6.07) is 3.65. The fourth-order valence-corrected chi connectivity index (χ4v) is 0.852. The number of carbonyl (C=O) groups excluding carboxylic acids is 1. The van der Waals surface area contributed by atoms with Crippen molar-refractivity contribution in [2.45, 2.75) is 0 Å². The molecule has 12 heavy (non-hydrogen) atoms. The average Bonchev–Trinajstić information content (AvgIpc) is 2.08. The molecule has 1 aromatic rings. The number of allylic oxidation sites excluding steroid dienone is 1. The minimum atomic E-state index is -0.477. The number of nitrogen functional groups attached to an aromatic ring is 1. The fourth-order valence-electron chi connectivity index (χ4n) is 0.852. The van der Waals surface area contributed by atoms with Crippen LogP contribution in [0.15, 0.2) is 30.9 Å². The van der Waals surface area contributed by atoms with Gasteiger partial charge in [0, 0.05) is 11.3 Å². The van der Waals surface area contributed by atoms with E-state index in [1.165, 1.54) is 12.1 Å². The van der Waals surface area contributed by atoms with E-state index >= 15 is 0 Å². The molecule has 2 N–H and O–H groups in total. The second-order valence-corrected chi connectivity index (χ2v) is 2.30. The van der Waals surface area contributed by atoms with Gasteiger partial charge in [-0.25, -0.2) is 4.39 Å². The van der Waals surface area contributed by atoms with Gasteiger partial charge in [-0.05, 0) is 24.3 Å². The van der Waals surface area contributed by atoms with Gasteiger partial charge in [-0.2, -0.15) is 0 Å². The third-order valence-electron chi connectivity index (χ3n) is 1.47. The summed E-state index contributed by atoms with van der Waals surface area (Å²) < 4.78 is 12.6. The molecular formula is C9H8FNO. The third kappa shape index (κ3) is 1.50. The van der Waals surface area contributed by atoms with Crippen LogP contribution in [0.5, 0.6) is 0 Å². The van der Waals surface area contributed by atoms with Crippen LogP contribution < -0.4 is 5.73 Å². The van der Waals surface area contributed by atoms with Gasteiger partial charge in [0.15, 0.2) is 5.78 Å². The van der Waals surface area contributed by atoms with Gasteiger partial charge >= 0.3 is 0 Å². The molecule has 0 bridgehead atoms. The van der Waals surface area contributed by atoms with Crippen LogP contribution in [0.4, 0.5) is 10.1 Å². The SMILES string of the molecule is C=CC(=O)c1cc(F)ccc1N. The van der Waals surface area contributed by atoms with Crippen molar-refractivity contribution in [2.24, 2.45) is 0 Å². The van der Waals surface area contributed by atoms with Crippen molar-refractivity contribution in [2.75, 3.05) is 5.73 Å². The molecule has 1 rings (SSSR count). The highest BCUT2D eigenvalue weighted by molar-refractivity contribution is 6.07. The Morgan fingerprint density at radius 2 is 2.25 bits per heavy atom. The summed E-state index contributed by atoms with van der Waals surface area (Å²) in [4.78, 5) is 11.0. The Bertz CT molecular complexity index is 333. The first kappa shape index (κ1) is 8.46. The highest BCUT2D eigenvalue weighted by Crippen LogP contribution is 2.13. The maximum Gasteiger partial charge on any atom is 0.187 e. The molecule has 0 amide bonds. The van der Waals surface area contributed by atoms with E-state index in [4.69, 9.17) is 5.73 Å². The van der Waals surface area contributed by atoms with E-state index in [1.54, 1.807) is 0 Å². The molecule has 0 spiro atoms. The summed E-state index contributed by atoms with van der Waals surface area (Å²) in [6.07, 6.45) is 1.10. The number of carbonyl (C=O) groups is 1. The molecule has 1 aromatic carbocycles. The maximum atomic E-state index is 12.6.